The van der Waals surface area contributed by atoms with Gasteiger partial charge in [0.25, 0.3) is 0 Å². The molecule has 1 heterocycles. The highest BCUT2D eigenvalue weighted by Crippen LogP contribution is 2.47. The Morgan fingerprint density at radius 3 is 2.71 bits per heavy atom. The van der Waals surface area contributed by atoms with E-state index < -0.39 is 0 Å². The summed E-state index contributed by atoms with van der Waals surface area (Å²) in [4.78, 5) is 18.4. The predicted octanol–water partition coefficient (Wildman–Crippen LogP) is 1.50. The lowest BCUT2D eigenvalue weighted by Crippen LogP contribution is -2.43. The van der Waals surface area contributed by atoms with Crippen molar-refractivity contribution in [2.45, 2.75) is 57.4 Å². The van der Waals surface area contributed by atoms with Gasteiger partial charge in [0.1, 0.15) is 0 Å². The molecule has 0 aromatic rings. The number of rotatable bonds is 5. The van der Waals surface area contributed by atoms with Gasteiger partial charge in [-0.05, 0) is 43.9 Å². The SMILES string of the molecule is CN=C(NCCCC(=O)NC1CC1)N1CCC2(CCC2)C1. The maximum atomic E-state index is 11.6. The van der Waals surface area contributed by atoms with Gasteiger partial charge in [-0.2, -0.15) is 0 Å². The first-order valence-electron chi connectivity index (χ1n) is 8.46. The summed E-state index contributed by atoms with van der Waals surface area (Å²) in [5, 5.41) is 6.45. The third-order valence-electron chi connectivity index (χ3n) is 5.17. The molecule has 1 spiro atoms. The monoisotopic (exact) mass is 292 g/mol. The zero-order chi connectivity index (χ0) is 14.7. The minimum absolute atomic E-state index is 0.198. The Morgan fingerprint density at radius 1 is 1.33 bits per heavy atom. The fourth-order valence-corrected chi connectivity index (χ4v) is 3.51. The van der Waals surface area contributed by atoms with E-state index in [-0.39, 0.29) is 5.91 Å². The number of carbonyl (C=O) groups is 1. The van der Waals surface area contributed by atoms with Gasteiger partial charge in [-0.1, -0.05) is 6.42 Å². The fraction of sp³-hybridized carbons (Fsp3) is 0.875. The molecule has 118 valence electrons. The molecule has 5 nitrogen and oxygen atoms in total. The first-order chi connectivity index (χ1) is 10.2. The zero-order valence-corrected chi connectivity index (χ0v) is 13.2. The van der Waals surface area contributed by atoms with Gasteiger partial charge in [-0.25, -0.2) is 0 Å². The smallest absolute Gasteiger partial charge is 0.220 e. The normalized spacial score (nSPS) is 24.0. The highest BCUT2D eigenvalue weighted by atomic mass is 16.1. The fourth-order valence-electron chi connectivity index (χ4n) is 3.51. The lowest BCUT2D eigenvalue weighted by Gasteiger charge is -2.38. The van der Waals surface area contributed by atoms with Crippen LogP contribution in [0.5, 0.6) is 0 Å². The van der Waals surface area contributed by atoms with E-state index in [1.54, 1.807) is 0 Å². The van der Waals surface area contributed by atoms with Gasteiger partial charge >= 0.3 is 0 Å². The van der Waals surface area contributed by atoms with Crippen LogP contribution in [0.25, 0.3) is 0 Å². The molecule has 0 aromatic heterocycles. The van der Waals surface area contributed by atoms with Crippen LogP contribution in [0.4, 0.5) is 0 Å². The minimum atomic E-state index is 0.198. The summed E-state index contributed by atoms with van der Waals surface area (Å²) < 4.78 is 0. The Kier molecular flexibility index (Phi) is 4.36. The highest BCUT2D eigenvalue weighted by molar-refractivity contribution is 5.80. The molecular formula is C16H28N4O. The Labute approximate surface area is 127 Å². The van der Waals surface area contributed by atoms with Gasteiger partial charge in [0.2, 0.25) is 5.91 Å². The molecule has 1 saturated heterocycles. The van der Waals surface area contributed by atoms with E-state index in [9.17, 15) is 4.79 Å². The van der Waals surface area contributed by atoms with Crippen molar-refractivity contribution < 1.29 is 4.79 Å². The molecule has 0 atom stereocenters. The summed E-state index contributed by atoms with van der Waals surface area (Å²) in [6.45, 7) is 3.12. The molecule has 3 aliphatic rings. The van der Waals surface area contributed by atoms with Crippen LogP contribution in [-0.2, 0) is 4.79 Å². The van der Waals surface area contributed by atoms with Crippen LogP contribution >= 0.6 is 0 Å². The van der Waals surface area contributed by atoms with Gasteiger partial charge in [0.15, 0.2) is 5.96 Å². The average molecular weight is 292 g/mol. The summed E-state index contributed by atoms with van der Waals surface area (Å²) in [5.41, 5.74) is 0.599. The minimum Gasteiger partial charge on any atom is -0.356 e. The van der Waals surface area contributed by atoms with Crippen molar-refractivity contribution >= 4 is 11.9 Å². The van der Waals surface area contributed by atoms with Crippen LogP contribution < -0.4 is 10.6 Å². The van der Waals surface area contributed by atoms with Crippen LogP contribution in [0.2, 0.25) is 0 Å². The molecule has 2 aliphatic carbocycles. The van der Waals surface area contributed by atoms with Crippen LogP contribution in [0.3, 0.4) is 0 Å². The number of nitrogens with zero attached hydrogens (tertiary/aromatic N) is 2. The standard InChI is InChI=1S/C16H28N4O/c1-17-15(20-11-9-16(12-20)7-3-8-16)18-10-2-4-14(21)19-13-5-6-13/h13H,2-12H2,1H3,(H,17,18)(H,19,21). The maximum Gasteiger partial charge on any atom is 0.220 e. The number of likely N-dealkylation sites (tertiary alicyclic amines) is 1. The van der Waals surface area contributed by atoms with Crippen molar-refractivity contribution in [3.63, 3.8) is 0 Å². The summed E-state index contributed by atoms with van der Waals surface area (Å²) in [5.74, 6) is 1.21. The second-order valence-corrected chi connectivity index (χ2v) is 6.94. The molecule has 1 amide bonds. The molecule has 0 radical (unpaired) electrons. The second kappa shape index (κ2) is 6.24. The molecule has 21 heavy (non-hydrogen) atoms. The van der Waals surface area contributed by atoms with E-state index in [1.165, 1.54) is 25.7 Å². The van der Waals surface area contributed by atoms with E-state index in [2.05, 4.69) is 20.5 Å². The van der Waals surface area contributed by atoms with E-state index >= 15 is 0 Å². The van der Waals surface area contributed by atoms with E-state index in [4.69, 9.17) is 0 Å². The summed E-state index contributed by atoms with van der Waals surface area (Å²) >= 11 is 0. The van der Waals surface area contributed by atoms with Crippen LogP contribution in [0, 0.1) is 5.41 Å². The van der Waals surface area contributed by atoms with Crippen molar-refractivity contribution in [3.8, 4) is 0 Å². The predicted molar refractivity (Wildman–Crippen MR) is 84.2 cm³/mol. The van der Waals surface area contributed by atoms with Crippen molar-refractivity contribution in [3.05, 3.63) is 0 Å². The average Bonchev–Trinajstić information content (AvgIpc) is 3.12. The summed E-state index contributed by atoms with van der Waals surface area (Å²) in [7, 11) is 1.86. The number of hydrogen-bond donors (Lipinski definition) is 2. The molecular weight excluding hydrogens is 264 g/mol. The van der Waals surface area contributed by atoms with Crippen LogP contribution in [-0.4, -0.2) is 49.5 Å². The second-order valence-electron chi connectivity index (χ2n) is 6.94. The van der Waals surface area contributed by atoms with Gasteiger partial charge in [-0.15, -0.1) is 0 Å². The molecule has 5 heteroatoms. The maximum absolute atomic E-state index is 11.6. The molecule has 3 fully saturated rings. The molecule has 0 unspecified atom stereocenters. The molecule has 0 aromatic carbocycles. The number of aliphatic imine (C=N–C) groups is 1. The molecule has 2 saturated carbocycles. The molecule has 2 N–H and O–H groups in total. The Balaban J connectivity index is 1.34. The van der Waals surface area contributed by atoms with Gasteiger partial charge in [-0.3, -0.25) is 9.79 Å². The quantitative estimate of drug-likeness (QED) is 0.459. The molecule has 1 aliphatic heterocycles. The lowest BCUT2D eigenvalue weighted by atomic mass is 9.68. The number of carbonyl (C=O) groups excluding carboxylic acids is 1. The number of amides is 1. The number of hydrogen-bond acceptors (Lipinski definition) is 2. The van der Waals surface area contributed by atoms with Gasteiger partial charge in [0.05, 0.1) is 0 Å². The highest BCUT2D eigenvalue weighted by Gasteiger charge is 2.43. The van der Waals surface area contributed by atoms with Crippen molar-refractivity contribution in [1.82, 2.24) is 15.5 Å². The Bertz CT molecular complexity index is 413. The summed E-state index contributed by atoms with van der Waals surface area (Å²) in [6, 6.07) is 0.474. The first kappa shape index (κ1) is 14.7. The number of guanidine groups is 1. The van der Waals surface area contributed by atoms with E-state index in [0.29, 0.717) is 17.9 Å². The summed E-state index contributed by atoms with van der Waals surface area (Å²) in [6.07, 6.45) is 9.30. The van der Waals surface area contributed by atoms with Crippen molar-refractivity contribution in [2.24, 2.45) is 10.4 Å². The number of nitrogens with one attached hydrogen (secondary N) is 2. The largest absolute Gasteiger partial charge is 0.356 e. The zero-order valence-electron chi connectivity index (χ0n) is 13.2. The Morgan fingerprint density at radius 2 is 2.14 bits per heavy atom. The lowest BCUT2D eigenvalue weighted by molar-refractivity contribution is -0.121. The molecule has 0 bridgehead atoms. The van der Waals surface area contributed by atoms with E-state index in [1.807, 2.05) is 7.05 Å². The third-order valence-corrected chi connectivity index (χ3v) is 5.17. The van der Waals surface area contributed by atoms with Gasteiger partial charge < -0.3 is 15.5 Å². The Hall–Kier alpha value is -1.26. The van der Waals surface area contributed by atoms with E-state index in [0.717, 1.165) is 44.9 Å². The van der Waals surface area contributed by atoms with Crippen LogP contribution in [0.1, 0.15) is 51.4 Å². The topological polar surface area (TPSA) is 56.7 Å². The first-order valence-corrected chi connectivity index (χ1v) is 8.46. The van der Waals surface area contributed by atoms with Crippen molar-refractivity contribution in [2.75, 3.05) is 26.7 Å². The van der Waals surface area contributed by atoms with Crippen molar-refractivity contribution in [1.29, 1.82) is 0 Å². The van der Waals surface area contributed by atoms with Crippen LogP contribution in [0.15, 0.2) is 4.99 Å². The third kappa shape index (κ3) is 3.69. The molecule has 3 rings (SSSR count). The van der Waals surface area contributed by atoms with Gasteiger partial charge in [0, 0.05) is 39.1 Å².